The van der Waals surface area contributed by atoms with Crippen LogP contribution in [0.1, 0.15) is 0 Å². The number of urea groups is 1. The van der Waals surface area contributed by atoms with Gasteiger partial charge < -0.3 is 15.6 Å². The van der Waals surface area contributed by atoms with Gasteiger partial charge in [0.25, 0.3) is 0 Å². The Balaban J connectivity index is 2.47. The first kappa shape index (κ1) is 7.18. The van der Waals surface area contributed by atoms with E-state index in [4.69, 9.17) is 0 Å². The number of fused-ring (bicyclic) bond motifs is 1. The van der Waals surface area contributed by atoms with Gasteiger partial charge in [0, 0.05) is 5.69 Å². The Morgan fingerprint density at radius 2 is 2.08 bits per heavy atom. The van der Waals surface area contributed by atoms with Gasteiger partial charge in [-0.3, -0.25) is 0 Å². The molecule has 0 spiro atoms. The maximum absolute atomic E-state index is 10.9. The van der Waals surface area contributed by atoms with Gasteiger partial charge in [0.05, 0.1) is 0 Å². The maximum atomic E-state index is 10.9. The fourth-order valence-electron chi connectivity index (χ4n) is 1.21. The highest BCUT2D eigenvalue weighted by Crippen LogP contribution is 2.06. The van der Waals surface area contributed by atoms with Gasteiger partial charge in [-0.15, -0.1) is 0 Å². The van der Waals surface area contributed by atoms with Crippen molar-refractivity contribution in [3.8, 4) is 0 Å². The number of benzene rings is 1. The van der Waals surface area contributed by atoms with E-state index in [1.807, 2.05) is 0 Å². The zero-order chi connectivity index (χ0) is 8.55. The van der Waals surface area contributed by atoms with Crippen molar-refractivity contribution in [2.24, 2.45) is 0 Å². The highest BCUT2D eigenvalue weighted by Gasteiger charge is 2.26. The van der Waals surface area contributed by atoms with E-state index in [9.17, 15) is 9.82 Å². The summed E-state index contributed by atoms with van der Waals surface area (Å²) in [5.74, 6) is 0. The van der Waals surface area contributed by atoms with Crippen LogP contribution in [0.4, 0.5) is 10.5 Å². The number of carbonyl (C=O) groups excluding carboxylic acids is 1. The van der Waals surface area contributed by atoms with E-state index in [0.29, 0.717) is 11.2 Å². The molecule has 0 unspecified atom stereocenters. The summed E-state index contributed by atoms with van der Waals surface area (Å²) in [5.41, 5.74) is 1.35. The van der Waals surface area contributed by atoms with Gasteiger partial charge in [-0.05, 0) is 11.5 Å². The Hall–Kier alpha value is -1.49. The summed E-state index contributed by atoms with van der Waals surface area (Å²) in [7, 11) is -0.894. The molecular formula is C7H7BN2O2. The lowest BCUT2D eigenvalue weighted by Crippen LogP contribution is -2.55. The summed E-state index contributed by atoms with van der Waals surface area (Å²) in [6, 6.07) is 6.74. The van der Waals surface area contributed by atoms with Gasteiger partial charge in [-0.1, -0.05) is 18.2 Å². The molecule has 1 aliphatic heterocycles. The minimum absolute atomic E-state index is 0.374. The zero-order valence-electron chi connectivity index (χ0n) is 6.24. The average Bonchev–Trinajstić information content (AvgIpc) is 2.04. The van der Waals surface area contributed by atoms with Gasteiger partial charge in [0.15, 0.2) is 0 Å². The molecule has 0 fully saturated rings. The minimum Gasteiger partial charge on any atom is -0.428 e. The molecule has 0 atom stereocenters. The summed E-state index contributed by atoms with van der Waals surface area (Å²) >= 11 is 0. The van der Waals surface area contributed by atoms with Crippen molar-refractivity contribution in [3.05, 3.63) is 24.3 Å². The second-order valence-corrected chi connectivity index (χ2v) is 2.59. The van der Waals surface area contributed by atoms with Crippen molar-refractivity contribution in [1.29, 1.82) is 0 Å². The fraction of sp³-hybridized carbons (Fsp3) is 0. The number of rotatable bonds is 0. The van der Waals surface area contributed by atoms with Crippen molar-refractivity contribution in [2.75, 3.05) is 5.32 Å². The number of hydrogen-bond donors (Lipinski definition) is 3. The van der Waals surface area contributed by atoms with Crippen LogP contribution in [-0.4, -0.2) is 18.1 Å². The monoisotopic (exact) mass is 162 g/mol. The van der Waals surface area contributed by atoms with Crippen LogP contribution in [0.2, 0.25) is 0 Å². The second kappa shape index (κ2) is 2.53. The first-order valence-corrected chi connectivity index (χ1v) is 3.62. The van der Waals surface area contributed by atoms with E-state index in [0.717, 1.165) is 0 Å². The molecule has 5 heteroatoms. The number of amides is 2. The topological polar surface area (TPSA) is 61.4 Å². The molecule has 1 aliphatic rings. The molecule has 0 saturated carbocycles. The summed E-state index contributed by atoms with van der Waals surface area (Å²) < 4.78 is 0. The van der Waals surface area contributed by atoms with Crippen LogP contribution in [0.5, 0.6) is 0 Å². The molecule has 1 aromatic rings. The molecule has 0 aromatic heterocycles. The van der Waals surface area contributed by atoms with Crippen LogP contribution in [-0.2, 0) is 0 Å². The minimum atomic E-state index is -0.894. The highest BCUT2D eigenvalue weighted by atomic mass is 16.2. The number of carbonyl (C=O) groups is 1. The van der Waals surface area contributed by atoms with Crippen molar-refractivity contribution in [1.82, 2.24) is 5.23 Å². The van der Waals surface area contributed by atoms with Crippen molar-refractivity contribution < 1.29 is 9.82 Å². The summed E-state index contributed by atoms with van der Waals surface area (Å²) in [4.78, 5) is 10.9. The van der Waals surface area contributed by atoms with Crippen LogP contribution in [0.25, 0.3) is 0 Å². The lowest BCUT2D eigenvalue weighted by atomic mass is 9.72. The van der Waals surface area contributed by atoms with Gasteiger partial charge in [0.1, 0.15) is 0 Å². The van der Waals surface area contributed by atoms with E-state index in [1.165, 1.54) is 0 Å². The third-order valence-electron chi connectivity index (χ3n) is 1.77. The molecule has 60 valence electrons. The Bertz CT molecular complexity index is 329. The van der Waals surface area contributed by atoms with E-state index < -0.39 is 7.05 Å². The number of para-hydroxylation sites is 1. The third-order valence-corrected chi connectivity index (χ3v) is 1.77. The van der Waals surface area contributed by atoms with E-state index >= 15 is 0 Å². The summed E-state index contributed by atoms with van der Waals surface area (Å²) in [5, 5.41) is 14.3. The van der Waals surface area contributed by atoms with Crippen LogP contribution >= 0.6 is 0 Å². The number of nitrogens with one attached hydrogen (secondary N) is 2. The Labute approximate surface area is 69.7 Å². The normalized spacial score (nSPS) is 14.8. The SMILES string of the molecule is O=C1NB(O)c2ccccc2N1. The first-order chi connectivity index (χ1) is 5.77. The Kier molecular flexibility index (Phi) is 1.51. The van der Waals surface area contributed by atoms with E-state index in [-0.39, 0.29) is 6.03 Å². The quantitative estimate of drug-likeness (QED) is 0.450. The molecule has 1 heterocycles. The van der Waals surface area contributed by atoms with Crippen molar-refractivity contribution in [2.45, 2.75) is 0 Å². The number of anilines is 1. The van der Waals surface area contributed by atoms with Crippen LogP contribution in [0, 0.1) is 0 Å². The maximum Gasteiger partial charge on any atom is 0.452 e. The summed E-state index contributed by atoms with van der Waals surface area (Å²) in [6.07, 6.45) is 0. The molecule has 0 radical (unpaired) electrons. The predicted octanol–water partition coefficient (Wildman–Crippen LogP) is -0.491. The molecule has 0 aliphatic carbocycles. The molecule has 0 saturated heterocycles. The predicted molar refractivity (Wildman–Crippen MR) is 46.2 cm³/mol. The first-order valence-electron chi connectivity index (χ1n) is 3.62. The van der Waals surface area contributed by atoms with E-state index in [1.54, 1.807) is 24.3 Å². The molecule has 3 N–H and O–H groups in total. The standard InChI is InChI=1S/C7H7BN2O2/c11-7-9-6-4-2-1-3-5(6)8(12)10-7/h1-4,12H,(H2,9,10,11). The Morgan fingerprint density at radius 3 is 2.92 bits per heavy atom. The smallest absolute Gasteiger partial charge is 0.428 e. The molecule has 2 rings (SSSR count). The molecule has 2 amide bonds. The van der Waals surface area contributed by atoms with E-state index in [2.05, 4.69) is 10.5 Å². The van der Waals surface area contributed by atoms with Crippen molar-refractivity contribution in [3.63, 3.8) is 0 Å². The molecule has 12 heavy (non-hydrogen) atoms. The lowest BCUT2D eigenvalue weighted by molar-refractivity contribution is 0.255. The van der Waals surface area contributed by atoms with Gasteiger partial charge in [-0.25, -0.2) is 4.79 Å². The van der Waals surface area contributed by atoms with Gasteiger partial charge in [-0.2, -0.15) is 0 Å². The fourth-order valence-corrected chi connectivity index (χ4v) is 1.21. The van der Waals surface area contributed by atoms with Gasteiger partial charge in [0.2, 0.25) is 0 Å². The highest BCUT2D eigenvalue weighted by molar-refractivity contribution is 6.69. The largest absolute Gasteiger partial charge is 0.452 e. The Morgan fingerprint density at radius 1 is 1.33 bits per heavy atom. The molecular weight excluding hydrogens is 155 g/mol. The molecule has 0 bridgehead atoms. The van der Waals surface area contributed by atoms with Crippen LogP contribution < -0.4 is 16.0 Å². The second-order valence-electron chi connectivity index (χ2n) is 2.59. The molecule has 4 nitrogen and oxygen atoms in total. The van der Waals surface area contributed by atoms with Crippen molar-refractivity contribution >= 4 is 24.2 Å². The third kappa shape index (κ3) is 1.04. The van der Waals surface area contributed by atoms with Gasteiger partial charge >= 0.3 is 13.1 Å². The number of hydrogen-bond acceptors (Lipinski definition) is 2. The molecule has 1 aromatic carbocycles. The average molecular weight is 162 g/mol. The lowest BCUT2D eigenvalue weighted by Gasteiger charge is -2.19. The zero-order valence-corrected chi connectivity index (χ0v) is 6.24. The van der Waals surface area contributed by atoms with Crippen LogP contribution in [0.3, 0.4) is 0 Å². The summed E-state index contributed by atoms with van der Waals surface area (Å²) in [6.45, 7) is 0. The van der Waals surface area contributed by atoms with Crippen LogP contribution in [0.15, 0.2) is 24.3 Å².